The Hall–Kier alpha value is -3.92. The molecule has 6 aromatic rings. The molecule has 1 aliphatic carbocycles. The molecule has 1 saturated heterocycles. The Morgan fingerprint density at radius 2 is 1.88 bits per heavy atom. The minimum Gasteiger partial charge on any atom is -0.494 e. The van der Waals surface area contributed by atoms with Crippen LogP contribution in [0.25, 0.3) is 43.7 Å². The van der Waals surface area contributed by atoms with Gasteiger partial charge in [0.05, 0.1) is 21.5 Å². The van der Waals surface area contributed by atoms with E-state index in [1.54, 1.807) is 0 Å². The zero-order valence-electron chi connectivity index (χ0n) is 24.9. The molecule has 5 heterocycles. The van der Waals surface area contributed by atoms with Crippen LogP contribution in [0, 0.1) is 6.92 Å². The third kappa shape index (κ3) is 4.17. The fourth-order valence-corrected chi connectivity index (χ4v) is 8.31. The fourth-order valence-electron chi connectivity index (χ4n) is 7.42. The standard InChI is InChI=1S/C34H36N6O2S/c1-20-9-16-43-33(20)32(41)21-5-8-27-23(17-21)29-24-18-35-34(42)30(24)28-22(6-7-26-25(28)19-38(3)36-26)31(29)40(27)11-4-10-39-14-12-37(2)13-15-39/h5,8-9,16-19,35,42H,4,6-7,10-15H2,1-3H3. The summed E-state index contributed by atoms with van der Waals surface area (Å²) in [4.78, 5) is 22.6. The maximum Gasteiger partial charge on any atom is 0.203 e. The quantitative estimate of drug-likeness (QED) is 0.242. The maximum absolute atomic E-state index is 13.7. The molecule has 2 N–H and O–H groups in total. The molecule has 1 aliphatic heterocycles. The second kappa shape index (κ2) is 10.1. The number of aryl methyl sites for hydroxylation is 5. The van der Waals surface area contributed by atoms with E-state index in [0.29, 0.717) is 5.56 Å². The van der Waals surface area contributed by atoms with Gasteiger partial charge in [0.2, 0.25) is 5.78 Å². The van der Waals surface area contributed by atoms with E-state index in [1.165, 1.54) is 22.4 Å². The van der Waals surface area contributed by atoms with Gasteiger partial charge in [0.15, 0.2) is 5.88 Å². The topological polar surface area (TPSA) is 82.3 Å². The molecule has 4 aromatic heterocycles. The first kappa shape index (κ1) is 26.7. The molecule has 220 valence electrons. The van der Waals surface area contributed by atoms with Gasteiger partial charge in [0, 0.05) is 90.5 Å². The summed E-state index contributed by atoms with van der Waals surface area (Å²) < 4.78 is 4.38. The van der Waals surface area contributed by atoms with E-state index in [9.17, 15) is 9.90 Å². The average Bonchev–Trinajstić information content (AvgIpc) is 3.77. The van der Waals surface area contributed by atoms with Gasteiger partial charge in [-0.25, -0.2) is 0 Å². The van der Waals surface area contributed by atoms with Gasteiger partial charge in [-0.1, -0.05) is 0 Å². The van der Waals surface area contributed by atoms with Gasteiger partial charge in [-0.05, 0) is 80.6 Å². The van der Waals surface area contributed by atoms with Gasteiger partial charge >= 0.3 is 0 Å². The van der Waals surface area contributed by atoms with Crippen molar-refractivity contribution < 1.29 is 9.90 Å². The first-order chi connectivity index (χ1) is 20.9. The predicted octanol–water partition coefficient (Wildman–Crippen LogP) is 5.72. The van der Waals surface area contributed by atoms with Crippen molar-refractivity contribution in [3.8, 4) is 17.0 Å². The van der Waals surface area contributed by atoms with Crippen molar-refractivity contribution in [2.75, 3.05) is 39.8 Å². The number of hydrogen-bond acceptors (Lipinski definition) is 6. The zero-order chi connectivity index (χ0) is 29.4. The highest BCUT2D eigenvalue weighted by Crippen LogP contribution is 2.49. The van der Waals surface area contributed by atoms with Crippen LogP contribution in [0.1, 0.15) is 38.5 Å². The number of aromatic nitrogens is 4. The number of piperazine rings is 1. The summed E-state index contributed by atoms with van der Waals surface area (Å²) in [5.41, 5.74) is 8.61. The second-order valence-electron chi connectivity index (χ2n) is 12.3. The van der Waals surface area contributed by atoms with Crippen LogP contribution in [-0.4, -0.2) is 79.8 Å². The van der Waals surface area contributed by atoms with E-state index in [2.05, 4.69) is 44.7 Å². The Balaban J connectivity index is 1.35. The minimum atomic E-state index is 0.0662. The Morgan fingerprint density at radius 3 is 2.67 bits per heavy atom. The minimum absolute atomic E-state index is 0.0662. The lowest BCUT2D eigenvalue weighted by Gasteiger charge is -2.32. The molecule has 0 unspecified atom stereocenters. The number of rotatable bonds is 6. The highest BCUT2D eigenvalue weighted by atomic mass is 32.1. The summed E-state index contributed by atoms with van der Waals surface area (Å²) in [5.74, 6) is 0.249. The van der Waals surface area contributed by atoms with Gasteiger partial charge in [-0.15, -0.1) is 11.3 Å². The van der Waals surface area contributed by atoms with Crippen LogP contribution in [-0.2, 0) is 26.4 Å². The molecule has 1 fully saturated rings. The monoisotopic (exact) mass is 592 g/mol. The Morgan fingerprint density at radius 1 is 1.05 bits per heavy atom. The highest BCUT2D eigenvalue weighted by molar-refractivity contribution is 7.12. The van der Waals surface area contributed by atoms with Crippen molar-refractivity contribution in [3.63, 3.8) is 0 Å². The van der Waals surface area contributed by atoms with Crippen molar-refractivity contribution in [2.45, 2.75) is 32.7 Å². The van der Waals surface area contributed by atoms with Gasteiger partial charge in [0.25, 0.3) is 0 Å². The highest BCUT2D eigenvalue weighted by Gasteiger charge is 2.30. The summed E-state index contributed by atoms with van der Waals surface area (Å²) in [5, 5.41) is 22.0. The van der Waals surface area contributed by atoms with Gasteiger partial charge in [-0.3, -0.25) is 9.48 Å². The number of hydrogen-bond donors (Lipinski definition) is 2. The Labute approximate surface area is 254 Å². The Bertz CT molecular complexity index is 2050. The van der Waals surface area contributed by atoms with E-state index < -0.39 is 0 Å². The number of fused-ring (bicyclic) bond motifs is 10. The van der Waals surface area contributed by atoms with Crippen LogP contribution >= 0.6 is 11.3 Å². The number of aromatic amines is 1. The van der Waals surface area contributed by atoms with Gasteiger partial charge < -0.3 is 24.5 Å². The van der Waals surface area contributed by atoms with E-state index in [1.807, 2.05) is 42.4 Å². The number of carbonyl (C=O) groups is 1. The number of nitrogens with zero attached hydrogens (tertiary/aromatic N) is 5. The lowest BCUT2D eigenvalue weighted by Crippen LogP contribution is -2.44. The smallest absolute Gasteiger partial charge is 0.203 e. The van der Waals surface area contributed by atoms with E-state index in [0.717, 1.165) is 113 Å². The zero-order valence-corrected chi connectivity index (χ0v) is 25.7. The first-order valence-electron chi connectivity index (χ1n) is 15.2. The van der Waals surface area contributed by atoms with Crippen molar-refractivity contribution in [1.82, 2.24) is 29.1 Å². The summed E-state index contributed by atoms with van der Waals surface area (Å²) in [6.07, 6.45) is 6.78. The molecular formula is C34H36N6O2S. The van der Waals surface area contributed by atoms with Crippen molar-refractivity contribution in [2.24, 2.45) is 7.05 Å². The summed E-state index contributed by atoms with van der Waals surface area (Å²) in [6, 6.07) is 8.24. The number of ketones is 1. The van der Waals surface area contributed by atoms with E-state index in [-0.39, 0.29) is 11.7 Å². The molecule has 0 bridgehead atoms. The molecule has 0 spiro atoms. The van der Waals surface area contributed by atoms with Crippen LogP contribution in [0.3, 0.4) is 0 Å². The predicted molar refractivity (Wildman–Crippen MR) is 174 cm³/mol. The van der Waals surface area contributed by atoms with Crippen molar-refractivity contribution in [3.05, 3.63) is 69.3 Å². The van der Waals surface area contributed by atoms with E-state index >= 15 is 0 Å². The number of likely N-dealkylation sites (N-methyl/N-ethyl adjacent to an activating group) is 1. The van der Waals surface area contributed by atoms with Crippen LogP contribution < -0.4 is 0 Å². The summed E-state index contributed by atoms with van der Waals surface area (Å²) in [6.45, 7) is 8.40. The largest absolute Gasteiger partial charge is 0.494 e. The lowest BCUT2D eigenvalue weighted by molar-refractivity contribution is 0.104. The molecule has 9 heteroatoms. The van der Waals surface area contributed by atoms with Crippen LogP contribution in [0.5, 0.6) is 5.88 Å². The van der Waals surface area contributed by atoms with Gasteiger partial charge in [0.1, 0.15) is 0 Å². The molecule has 0 amide bonds. The van der Waals surface area contributed by atoms with Crippen LogP contribution in [0.2, 0.25) is 0 Å². The van der Waals surface area contributed by atoms with Gasteiger partial charge in [-0.2, -0.15) is 5.10 Å². The number of aromatic hydroxyl groups is 1. The number of nitrogens with one attached hydrogen (secondary N) is 1. The molecule has 8 rings (SSSR count). The van der Waals surface area contributed by atoms with Crippen molar-refractivity contribution in [1.29, 1.82) is 0 Å². The molecular weight excluding hydrogens is 556 g/mol. The molecule has 43 heavy (non-hydrogen) atoms. The summed E-state index contributed by atoms with van der Waals surface area (Å²) >= 11 is 1.50. The molecule has 0 atom stereocenters. The van der Waals surface area contributed by atoms with E-state index in [4.69, 9.17) is 5.10 Å². The number of thiophene rings is 1. The average molecular weight is 593 g/mol. The molecule has 2 aliphatic rings. The first-order valence-corrected chi connectivity index (χ1v) is 16.1. The third-order valence-electron chi connectivity index (χ3n) is 9.60. The van der Waals surface area contributed by atoms with Crippen LogP contribution in [0.15, 0.2) is 42.0 Å². The summed E-state index contributed by atoms with van der Waals surface area (Å²) in [7, 11) is 4.17. The second-order valence-corrected chi connectivity index (χ2v) is 13.2. The number of H-pyrrole nitrogens is 1. The molecule has 2 aromatic carbocycles. The maximum atomic E-state index is 13.7. The number of carbonyl (C=O) groups excluding carboxylic acids is 1. The van der Waals surface area contributed by atoms with Crippen LogP contribution in [0.4, 0.5) is 0 Å². The lowest BCUT2D eigenvalue weighted by atomic mass is 9.85. The SMILES string of the molecule is Cc1ccsc1C(=O)c1ccc2c(c1)c1c3c[nH]c(O)c3c3c(c1n2CCCN1CCN(C)CC1)CCc1nn(C)cc1-3. The Kier molecular flexibility index (Phi) is 6.25. The number of benzene rings is 2. The third-order valence-corrected chi connectivity index (χ3v) is 10.6. The molecule has 8 nitrogen and oxygen atoms in total. The fraction of sp³-hybridized carbons (Fsp3) is 0.353. The van der Waals surface area contributed by atoms with Crippen molar-refractivity contribution >= 4 is 49.7 Å². The molecule has 0 saturated carbocycles. The normalized spacial score (nSPS) is 16.0. The molecule has 0 radical (unpaired) electrons.